The van der Waals surface area contributed by atoms with Crippen LogP contribution in [0.25, 0.3) is 22.4 Å². The molecule has 4 aromatic rings. The Labute approximate surface area is 170 Å². The highest BCUT2D eigenvalue weighted by Gasteiger charge is 2.24. The van der Waals surface area contributed by atoms with E-state index in [9.17, 15) is 13.6 Å². The zero-order chi connectivity index (χ0) is 21.0. The van der Waals surface area contributed by atoms with Crippen LogP contribution in [0.4, 0.5) is 8.78 Å². The standard InChI is InChI=1S/C22H19F2N5O/c1-11-3-4-13(7-16(11)24)18-10-29-19(9-25-18)27-22(28-29)20-12(2)21(30)15-8-14(23)5-6-17(15)26-20/h3-8,18,25H,9-10H2,1-2H3,(H,26,30). The van der Waals surface area contributed by atoms with Gasteiger partial charge in [0, 0.05) is 10.9 Å². The van der Waals surface area contributed by atoms with Crippen molar-refractivity contribution < 1.29 is 8.78 Å². The topological polar surface area (TPSA) is 75.6 Å². The van der Waals surface area contributed by atoms with Crippen molar-refractivity contribution in [2.75, 3.05) is 0 Å². The van der Waals surface area contributed by atoms with Crippen molar-refractivity contribution >= 4 is 10.9 Å². The van der Waals surface area contributed by atoms with Crippen LogP contribution < -0.4 is 10.7 Å². The molecule has 1 aliphatic heterocycles. The number of rotatable bonds is 2. The summed E-state index contributed by atoms with van der Waals surface area (Å²) in [5.74, 6) is 0.442. The van der Waals surface area contributed by atoms with E-state index in [0.717, 1.165) is 11.4 Å². The van der Waals surface area contributed by atoms with Crippen LogP contribution >= 0.6 is 0 Å². The van der Waals surface area contributed by atoms with E-state index >= 15 is 0 Å². The summed E-state index contributed by atoms with van der Waals surface area (Å²) in [6.45, 7) is 4.37. The van der Waals surface area contributed by atoms with Crippen molar-refractivity contribution in [1.82, 2.24) is 25.1 Å². The molecule has 30 heavy (non-hydrogen) atoms. The Kier molecular flexibility index (Phi) is 4.25. The van der Waals surface area contributed by atoms with Gasteiger partial charge in [-0.2, -0.15) is 0 Å². The smallest absolute Gasteiger partial charge is 0.198 e. The number of aromatic amines is 1. The van der Waals surface area contributed by atoms with Gasteiger partial charge >= 0.3 is 0 Å². The van der Waals surface area contributed by atoms with E-state index in [0.29, 0.717) is 46.6 Å². The molecule has 3 heterocycles. The van der Waals surface area contributed by atoms with Crippen LogP contribution in [-0.2, 0) is 13.1 Å². The Balaban J connectivity index is 1.53. The number of nitrogens with one attached hydrogen (secondary N) is 2. The van der Waals surface area contributed by atoms with Crippen LogP contribution in [0.2, 0.25) is 0 Å². The largest absolute Gasteiger partial charge is 0.351 e. The minimum Gasteiger partial charge on any atom is -0.351 e. The first-order chi connectivity index (χ1) is 14.4. The van der Waals surface area contributed by atoms with Crippen molar-refractivity contribution in [3.63, 3.8) is 0 Å². The molecule has 0 aliphatic carbocycles. The highest BCUT2D eigenvalue weighted by Crippen LogP contribution is 2.25. The molecule has 2 N–H and O–H groups in total. The lowest BCUT2D eigenvalue weighted by molar-refractivity contribution is 0.371. The van der Waals surface area contributed by atoms with Gasteiger partial charge in [-0.05, 0) is 49.2 Å². The fraction of sp³-hybridized carbons (Fsp3) is 0.227. The van der Waals surface area contributed by atoms with E-state index in [-0.39, 0.29) is 17.3 Å². The monoisotopic (exact) mass is 407 g/mol. The van der Waals surface area contributed by atoms with Crippen LogP contribution in [0, 0.1) is 25.5 Å². The molecule has 0 spiro atoms. The van der Waals surface area contributed by atoms with Crippen molar-refractivity contribution in [1.29, 1.82) is 0 Å². The molecule has 0 radical (unpaired) electrons. The summed E-state index contributed by atoms with van der Waals surface area (Å²) in [5, 5.41) is 8.25. The zero-order valence-electron chi connectivity index (χ0n) is 16.5. The Hall–Kier alpha value is -3.39. The van der Waals surface area contributed by atoms with Gasteiger partial charge < -0.3 is 10.3 Å². The van der Waals surface area contributed by atoms with Crippen molar-refractivity contribution in [3.05, 3.63) is 80.8 Å². The molecule has 0 saturated heterocycles. The summed E-state index contributed by atoms with van der Waals surface area (Å²) in [5.41, 5.74) is 2.67. The van der Waals surface area contributed by atoms with Crippen LogP contribution in [0.5, 0.6) is 0 Å². The van der Waals surface area contributed by atoms with Gasteiger partial charge in [0.05, 0.1) is 30.3 Å². The molecule has 5 rings (SSSR count). The number of benzene rings is 2. The average Bonchev–Trinajstić information content (AvgIpc) is 3.16. The fourth-order valence-corrected chi connectivity index (χ4v) is 3.84. The molecule has 1 aliphatic rings. The van der Waals surface area contributed by atoms with Gasteiger partial charge in [0.15, 0.2) is 11.3 Å². The van der Waals surface area contributed by atoms with Crippen LogP contribution in [-0.4, -0.2) is 19.7 Å². The first-order valence-electron chi connectivity index (χ1n) is 9.66. The number of fused-ring (bicyclic) bond motifs is 2. The van der Waals surface area contributed by atoms with Gasteiger partial charge in [-0.3, -0.25) is 4.79 Å². The minimum absolute atomic E-state index is 0.0955. The quantitative estimate of drug-likeness (QED) is 0.533. The maximum absolute atomic E-state index is 14.0. The number of hydrogen-bond donors (Lipinski definition) is 2. The van der Waals surface area contributed by atoms with E-state index in [1.165, 1.54) is 18.2 Å². The van der Waals surface area contributed by atoms with E-state index in [4.69, 9.17) is 0 Å². The van der Waals surface area contributed by atoms with E-state index in [2.05, 4.69) is 20.4 Å². The van der Waals surface area contributed by atoms with Crippen molar-refractivity contribution in [3.8, 4) is 11.5 Å². The van der Waals surface area contributed by atoms with Gasteiger partial charge in [0.1, 0.15) is 17.5 Å². The zero-order valence-corrected chi connectivity index (χ0v) is 16.5. The second-order valence-electron chi connectivity index (χ2n) is 7.62. The SMILES string of the molecule is Cc1ccc(C2Cn3nc(-c4[nH]c5ccc(F)cc5c(=O)c4C)nc3CN2)cc1F. The molecule has 0 bridgehead atoms. The van der Waals surface area contributed by atoms with Gasteiger partial charge in [0.25, 0.3) is 0 Å². The molecule has 6 nitrogen and oxygen atoms in total. The lowest BCUT2D eigenvalue weighted by atomic mass is 10.0. The third kappa shape index (κ3) is 3.00. The number of H-pyrrole nitrogens is 1. The highest BCUT2D eigenvalue weighted by molar-refractivity contribution is 5.82. The van der Waals surface area contributed by atoms with Crippen LogP contribution in [0.15, 0.2) is 41.2 Å². The maximum Gasteiger partial charge on any atom is 0.198 e. The minimum atomic E-state index is -0.458. The summed E-state index contributed by atoms with van der Waals surface area (Å²) < 4.78 is 29.3. The normalized spacial score (nSPS) is 16.1. The number of halogens is 2. The molecule has 2 aromatic heterocycles. The third-order valence-corrected chi connectivity index (χ3v) is 5.63. The Morgan fingerprint density at radius 1 is 1.13 bits per heavy atom. The molecule has 0 fully saturated rings. The van der Waals surface area contributed by atoms with E-state index in [1.54, 1.807) is 30.7 Å². The summed E-state index contributed by atoms with van der Waals surface area (Å²) in [6, 6.07) is 9.18. The fourth-order valence-electron chi connectivity index (χ4n) is 3.84. The third-order valence-electron chi connectivity index (χ3n) is 5.63. The number of nitrogens with zero attached hydrogens (tertiary/aromatic N) is 3. The Morgan fingerprint density at radius 2 is 1.97 bits per heavy atom. The molecule has 0 amide bonds. The maximum atomic E-state index is 14.0. The average molecular weight is 407 g/mol. The predicted molar refractivity (Wildman–Crippen MR) is 109 cm³/mol. The first-order valence-corrected chi connectivity index (χ1v) is 9.66. The predicted octanol–water partition coefficient (Wildman–Crippen LogP) is 3.53. The summed E-state index contributed by atoms with van der Waals surface area (Å²) in [4.78, 5) is 20.5. The van der Waals surface area contributed by atoms with Crippen molar-refractivity contribution in [2.24, 2.45) is 0 Å². The van der Waals surface area contributed by atoms with Crippen molar-refractivity contribution in [2.45, 2.75) is 33.0 Å². The van der Waals surface area contributed by atoms with E-state index in [1.807, 2.05) is 6.07 Å². The number of aryl methyl sites for hydroxylation is 1. The number of aromatic nitrogens is 4. The highest BCUT2D eigenvalue weighted by atomic mass is 19.1. The molecule has 8 heteroatoms. The van der Waals surface area contributed by atoms with Gasteiger partial charge in [0.2, 0.25) is 0 Å². The number of pyridine rings is 1. The molecule has 1 atom stereocenters. The summed E-state index contributed by atoms with van der Waals surface area (Å²) >= 11 is 0. The van der Waals surface area contributed by atoms with Gasteiger partial charge in [-0.1, -0.05) is 12.1 Å². The second kappa shape index (κ2) is 6.84. The van der Waals surface area contributed by atoms with E-state index < -0.39 is 5.82 Å². The number of hydrogen-bond acceptors (Lipinski definition) is 4. The van der Waals surface area contributed by atoms with Gasteiger partial charge in [-0.15, -0.1) is 5.10 Å². The molecule has 1 unspecified atom stereocenters. The van der Waals surface area contributed by atoms with Gasteiger partial charge in [-0.25, -0.2) is 18.4 Å². The molecule has 2 aromatic carbocycles. The van der Waals surface area contributed by atoms with Crippen LogP contribution in [0.3, 0.4) is 0 Å². The first kappa shape index (κ1) is 18.6. The Morgan fingerprint density at radius 3 is 2.77 bits per heavy atom. The lowest BCUT2D eigenvalue weighted by Crippen LogP contribution is -2.33. The second-order valence-corrected chi connectivity index (χ2v) is 7.62. The molecular formula is C22H19F2N5O. The molecule has 152 valence electrons. The summed E-state index contributed by atoms with van der Waals surface area (Å²) in [7, 11) is 0. The Bertz CT molecular complexity index is 1360. The summed E-state index contributed by atoms with van der Waals surface area (Å²) in [6.07, 6.45) is 0. The lowest BCUT2D eigenvalue weighted by Gasteiger charge is -2.24. The molecular weight excluding hydrogens is 388 g/mol. The van der Waals surface area contributed by atoms with Crippen LogP contribution in [0.1, 0.15) is 28.6 Å². The molecule has 0 saturated carbocycles.